The summed E-state index contributed by atoms with van der Waals surface area (Å²) in [5, 5.41) is 13.3. The number of carbonyl (C=O) groups is 1. The van der Waals surface area contributed by atoms with E-state index in [-0.39, 0.29) is 22.9 Å². The Balaban J connectivity index is 0.00000300. The third-order valence-corrected chi connectivity index (χ3v) is 9.92. The monoisotopic (exact) mass is 470 g/mol. The molecule has 0 radical (unpaired) electrons. The molecule has 3 aromatic rings. The lowest BCUT2D eigenvalue weighted by Crippen LogP contribution is -3.00. The lowest BCUT2D eigenvalue weighted by Gasteiger charge is -2.27. The van der Waals surface area contributed by atoms with E-state index < -0.39 is 13.2 Å². The van der Waals surface area contributed by atoms with Crippen LogP contribution in [0, 0.1) is 5.92 Å². The molecule has 3 aromatic carbocycles. The van der Waals surface area contributed by atoms with Crippen molar-refractivity contribution in [1.82, 2.24) is 0 Å². The van der Waals surface area contributed by atoms with Crippen molar-refractivity contribution in [2.24, 2.45) is 5.92 Å². The number of benzene rings is 3. The van der Waals surface area contributed by atoms with E-state index in [4.69, 9.17) is 0 Å². The van der Waals surface area contributed by atoms with E-state index in [1.54, 1.807) is 6.92 Å². The molecule has 152 valence electrons. The Hall–Kier alpha value is -1.96. The second kappa shape index (κ2) is 11.3. The van der Waals surface area contributed by atoms with E-state index in [0.29, 0.717) is 0 Å². The molecule has 0 aromatic heterocycles. The highest BCUT2D eigenvalue weighted by molar-refractivity contribution is 7.95. The van der Waals surface area contributed by atoms with Gasteiger partial charge in [0.05, 0.1) is 12.1 Å². The lowest BCUT2D eigenvalue weighted by molar-refractivity contribution is -0.141. The van der Waals surface area contributed by atoms with Crippen molar-refractivity contribution in [3.8, 4) is 0 Å². The summed E-state index contributed by atoms with van der Waals surface area (Å²) in [7, 11) is -1.78. The molecule has 2 nitrogen and oxygen atoms in total. The summed E-state index contributed by atoms with van der Waals surface area (Å²) in [5.74, 6) is -0.979. The minimum atomic E-state index is -1.78. The van der Waals surface area contributed by atoms with Crippen LogP contribution in [-0.2, 0) is 4.79 Å². The van der Waals surface area contributed by atoms with Crippen LogP contribution < -0.4 is 32.9 Å². The Morgan fingerprint density at radius 3 is 1.48 bits per heavy atom. The zero-order chi connectivity index (χ0) is 19.8. The summed E-state index contributed by atoms with van der Waals surface area (Å²) >= 11 is 0. The van der Waals surface area contributed by atoms with Crippen LogP contribution in [0.15, 0.2) is 91.0 Å². The average molecular weight is 471 g/mol. The van der Waals surface area contributed by atoms with Crippen molar-refractivity contribution in [3.05, 3.63) is 91.0 Å². The number of unbranched alkanes of at least 4 members (excludes halogenated alkanes) is 1. The summed E-state index contributed by atoms with van der Waals surface area (Å²) < 4.78 is 0. The van der Waals surface area contributed by atoms with E-state index in [1.807, 2.05) is 0 Å². The number of hydrogen-bond acceptors (Lipinski definition) is 1. The SMILES string of the molecule is CC(CCCC[P+](c1ccccc1)(c1ccccc1)c1ccccc1)C(=O)O.[Br-]. The first-order chi connectivity index (χ1) is 13.6. The smallest absolute Gasteiger partial charge is 0.306 e. The molecular formula is C25H28BrO2P. The number of rotatable bonds is 9. The van der Waals surface area contributed by atoms with Gasteiger partial charge in [0.25, 0.3) is 0 Å². The van der Waals surface area contributed by atoms with Gasteiger partial charge in [-0.25, -0.2) is 0 Å². The van der Waals surface area contributed by atoms with E-state index in [9.17, 15) is 9.90 Å². The minimum absolute atomic E-state index is 0. The molecule has 3 rings (SSSR count). The largest absolute Gasteiger partial charge is 1.00 e. The fraction of sp³-hybridized carbons (Fsp3) is 0.240. The minimum Gasteiger partial charge on any atom is -1.00 e. The van der Waals surface area contributed by atoms with E-state index in [0.717, 1.165) is 25.4 Å². The van der Waals surface area contributed by atoms with Crippen molar-refractivity contribution < 1.29 is 26.9 Å². The van der Waals surface area contributed by atoms with Crippen LogP contribution >= 0.6 is 7.26 Å². The standard InChI is InChI=1S/C25H27O2P.BrH/c1-21(25(26)27)13-11-12-20-28(22-14-5-2-6-15-22,23-16-7-3-8-17-23)24-18-9-4-10-19-24;/h2-10,14-19,21H,11-13,20H2,1H3;1H. The molecule has 4 heteroatoms. The van der Waals surface area contributed by atoms with E-state index in [2.05, 4.69) is 91.0 Å². The summed E-state index contributed by atoms with van der Waals surface area (Å²) in [6.45, 7) is 1.80. The lowest BCUT2D eigenvalue weighted by atomic mass is 10.1. The highest BCUT2D eigenvalue weighted by Gasteiger charge is 2.44. The molecular weight excluding hydrogens is 443 g/mol. The number of carboxylic acid groups (broad SMARTS) is 1. The van der Waals surface area contributed by atoms with Gasteiger partial charge in [0, 0.05) is 0 Å². The molecule has 0 saturated heterocycles. The summed E-state index contributed by atoms with van der Waals surface area (Å²) in [6.07, 6.45) is 3.73. The van der Waals surface area contributed by atoms with Crippen molar-refractivity contribution in [1.29, 1.82) is 0 Å². The summed E-state index contributed by atoms with van der Waals surface area (Å²) in [5.41, 5.74) is 0. The maximum Gasteiger partial charge on any atom is 0.306 e. The van der Waals surface area contributed by atoms with Gasteiger partial charge in [0.2, 0.25) is 0 Å². The molecule has 0 saturated carbocycles. The Morgan fingerprint density at radius 1 is 0.759 bits per heavy atom. The van der Waals surface area contributed by atoms with Gasteiger partial charge in [-0.15, -0.1) is 0 Å². The van der Waals surface area contributed by atoms with E-state index in [1.165, 1.54) is 15.9 Å². The Kier molecular flexibility index (Phi) is 9.07. The van der Waals surface area contributed by atoms with Crippen LogP contribution in [0.3, 0.4) is 0 Å². The predicted molar refractivity (Wildman–Crippen MR) is 121 cm³/mol. The molecule has 0 aliphatic heterocycles. The highest BCUT2D eigenvalue weighted by Crippen LogP contribution is 2.56. The first-order valence-electron chi connectivity index (χ1n) is 9.92. The van der Waals surface area contributed by atoms with Gasteiger partial charge in [-0.3, -0.25) is 4.79 Å². The maximum atomic E-state index is 11.2. The van der Waals surface area contributed by atoms with Crippen LogP contribution in [0.4, 0.5) is 0 Å². The second-order valence-electron chi connectivity index (χ2n) is 7.28. The number of halogens is 1. The van der Waals surface area contributed by atoms with Crippen LogP contribution in [0.2, 0.25) is 0 Å². The quantitative estimate of drug-likeness (QED) is 0.383. The van der Waals surface area contributed by atoms with Gasteiger partial charge in [-0.05, 0) is 55.7 Å². The third kappa shape index (κ3) is 5.56. The fourth-order valence-electron chi connectivity index (χ4n) is 3.80. The molecule has 1 unspecified atom stereocenters. The third-order valence-electron chi connectivity index (χ3n) is 5.39. The summed E-state index contributed by atoms with van der Waals surface area (Å²) in [6, 6.07) is 32.5. The van der Waals surface area contributed by atoms with Crippen LogP contribution in [-0.4, -0.2) is 17.2 Å². The Bertz CT molecular complexity index is 772. The van der Waals surface area contributed by atoms with Crippen molar-refractivity contribution in [3.63, 3.8) is 0 Å². The molecule has 29 heavy (non-hydrogen) atoms. The van der Waals surface area contributed by atoms with Crippen LogP contribution in [0.1, 0.15) is 26.2 Å². The Labute approximate surface area is 185 Å². The predicted octanol–water partition coefficient (Wildman–Crippen LogP) is 1.88. The molecule has 0 heterocycles. The van der Waals surface area contributed by atoms with Crippen molar-refractivity contribution in [2.45, 2.75) is 26.2 Å². The number of hydrogen-bond donors (Lipinski definition) is 1. The molecule has 1 atom stereocenters. The van der Waals surface area contributed by atoms with Gasteiger partial charge >= 0.3 is 5.97 Å². The number of aliphatic carboxylic acids is 1. The molecule has 0 spiro atoms. The average Bonchev–Trinajstić information content (AvgIpc) is 2.75. The molecule has 0 fully saturated rings. The van der Waals surface area contributed by atoms with Crippen molar-refractivity contribution >= 4 is 29.1 Å². The fourth-order valence-corrected chi connectivity index (χ4v) is 8.22. The van der Waals surface area contributed by atoms with Gasteiger partial charge in [-0.2, -0.15) is 0 Å². The molecule has 1 N–H and O–H groups in total. The number of carboxylic acids is 1. The Morgan fingerprint density at radius 2 is 1.14 bits per heavy atom. The molecule has 0 bridgehead atoms. The first-order valence-corrected chi connectivity index (χ1v) is 11.9. The zero-order valence-corrected chi connectivity index (χ0v) is 19.2. The van der Waals surface area contributed by atoms with Crippen LogP contribution in [0.5, 0.6) is 0 Å². The maximum absolute atomic E-state index is 11.2. The van der Waals surface area contributed by atoms with Crippen LogP contribution in [0.25, 0.3) is 0 Å². The van der Waals surface area contributed by atoms with Gasteiger partial charge in [-0.1, -0.05) is 61.5 Å². The normalized spacial score (nSPS) is 12.0. The topological polar surface area (TPSA) is 37.3 Å². The van der Waals surface area contributed by atoms with Gasteiger partial charge in [0.1, 0.15) is 23.2 Å². The van der Waals surface area contributed by atoms with Gasteiger partial charge < -0.3 is 22.1 Å². The highest BCUT2D eigenvalue weighted by atomic mass is 79.9. The summed E-state index contributed by atoms with van der Waals surface area (Å²) in [4.78, 5) is 11.2. The van der Waals surface area contributed by atoms with Gasteiger partial charge in [0.15, 0.2) is 0 Å². The molecule has 0 aliphatic carbocycles. The van der Waals surface area contributed by atoms with E-state index >= 15 is 0 Å². The molecule has 0 amide bonds. The second-order valence-corrected chi connectivity index (χ2v) is 10.9. The molecule has 0 aliphatic rings. The van der Waals surface area contributed by atoms with Crippen molar-refractivity contribution in [2.75, 3.05) is 6.16 Å². The zero-order valence-electron chi connectivity index (χ0n) is 16.7. The first kappa shape index (κ1) is 23.3.